The Morgan fingerprint density at radius 2 is 1.89 bits per heavy atom. The van der Waals surface area contributed by atoms with E-state index in [4.69, 9.17) is 10.5 Å². The van der Waals surface area contributed by atoms with Crippen LogP contribution in [0, 0.1) is 13.7 Å². The molecule has 0 saturated heterocycles. The van der Waals surface area contributed by atoms with Gasteiger partial charge >= 0.3 is 11.6 Å². The van der Waals surface area contributed by atoms with Gasteiger partial charge in [0, 0.05) is 9.64 Å². The van der Waals surface area contributed by atoms with Gasteiger partial charge in [-0.15, -0.1) is 0 Å². The molecular weight excluding hydrogens is 349 g/mol. The van der Waals surface area contributed by atoms with E-state index in [2.05, 4.69) is 27.6 Å². The van der Waals surface area contributed by atoms with Crippen LogP contribution in [0.2, 0.25) is 0 Å². The fourth-order valence-corrected chi connectivity index (χ4v) is 1.64. The first-order valence-corrected chi connectivity index (χ1v) is 5.98. The first kappa shape index (κ1) is 12.6. The van der Waals surface area contributed by atoms with E-state index in [1.165, 1.54) is 12.1 Å². The number of nitrogens with zero attached hydrogens (tertiary/aromatic N) is 2. The van der Waals surface area contributed by atoms with Crippen molar-refractivity contribution in [3.05, 3.63) is 50.1 Å². The fourth-order valence-electron chi connectivity index (χ4n) is 1.28. The van der Waals surface area contributed by atoms with Crippen LogP contribution in [0.4, 0.5) is 11.5 Å². The van der Waals surface area contributed by atoms with Crippen LogP contribution in [0.1, 0.15) is 0 Å². The van der Waals surface area contributed by atoms with Crippen LogP contribution in [-0.2, 0) is 0 Å². The van der Waals surface area contributed by atoms with Crippen LogP contribution in [0.25, 0.3) is 0 Å². The van der Waals surface area contributed by atoms with E-state index in [-0.39, 0.29) is 17.4 Å². The van der Waals surface area contributed by atoms with Gasteiger partial charge < -0.3 is 10.5 Å². The highest BCUT2D eigenvalue weighted by molar-refractivity contribution is 14.1. The van der Waals surface area contributed by atoms with Gasteiger partial charge in [-0.25, -0.2) is 0 Å². The van der Waals surface area contributed by atoms with Gasteiger partial charge in [0.2, 0.25) is 0 Å². The predicted molar refractivity (Wildman–Crippen MR) is 74.5 cm³/mol. The van der Waals surface area contributed by atoms with Gasteiger partial charge in [-0.2, -0.15) is 4.98 Å². The molecule has 6 nitrogen and oxygen atoms in total. The molecule has 2 aromatic rings. The predicted octanol–water partition coefficient (Wildman–Crippen LogP) is 2.97. The molecule has 0 aliphatic carbocycles. The van der Waals surface area contributed by atoms with Crippen LogP contribution < -0.4 is 10.5 Å². The molecule has 0 aliphatic rings. The molecule has 0 fully saturated rings. The minimum Gasteiger partial charge on any atom is -0.434 e. The highest BCUT2D eigenvalue weighted by atomic mass is 127. The quantitative estimate of drug-likeness (QED) is 0.518. The Labute approximate surface area is 116 Å². The van der Waals surface area contributed by atoms with Gasteiger partial charge in [0.1, 0.15) is 11.6 Å². The molecule has 0 bridgehead atoms. The van der Waals surface area contributed by atoms with E-state index in [0.717, 1.165) is 3.57 Å². The van der Waals surface area contributed by atoms with Crippen molar-refractivity contribution >= 4 is 34.1 Å². The molecule has 0 unspecified atom stereocenters. The molecule has 0 radical (unpaired) electrons. The third kappa shape index (κ3) is 2.86. The Balaban J connectivity index is 2.35. The van der Waals surface area contributed by atoms with Crippen molar-refractivity contribution in [3.8, 4) is 11.6 Å². The number of aromatic nitrogens is 1. The zero-order valence-corrected chi connectivity index (χ0v) is 11.2. The molecule has 2 N–H and O–H groups in total. The van der Waals surface area contributed by atoms with E-state index in [9.17, 15) is 10.1 Å². The second-order valence-corrected chi connectivity index (χ2v) is 4.62. The maximum absolute atomic E-state index is 10.8. The lowest BCUT2D eigenvalue weighted by Gasteiger charge is -2.05. The van der Waals surface area contributed by atoms with E-state index in [1.54, 1.807) is 12.1 Å². The van der Waals surface area contributed by atoms with Gasteiger partial charge in [-0.1, -0.05) is 0 Å². The maximum atomic E-state index is 10.8. The molecule has 2 rings (SSSR count). The maximum Gasteiger partial charge on any atom is 0.331 e. The largest absolute Gasteiger partial charge is 0.434 e. The Kier molecular flexibility index (Phi) is 3.60. The van der Waals surface area contributed by atoms with Crippen LogP contribution in [0.3, 0.4) is 0 Å². The molecule has 92 valence electrons. The van der Waals surface area contributed by atoms with Crippen molar-refractivity contribution in [3.63, 3.8) is 0 Å². The Bertz CT molecular complexity index is 587. The topological polar surface area (TPSA) is 91.3 Å². The van der Waals surface area contributed by atoms with Gasteiger partial charge in [0.15, 0.2) is 0 Å². The number of hydrogen-bond acceptors (Lipinski definition) is 5. The fraction of sp³-hybridized carbons (Fsp3) is 0. The SMILES string of the molecule is Nc1ccc([N+](=O)[O-])c(Oc2ccc(I)cc2)n1. The normalized spacial score (nSPS) is 10.1. The monoisotopic (exact) mass is 357 g/mol. The average Bonchev–Trinajstić information content (AvgIpc) is 2.32. The molecule has 0 aliphatic heterocycles. The van der Waals surface area contributed by atoms with Crippen molar-refractivity contribution in [2.24, 2.45) is 0 Å². The molecule has 1 heterocycles. The van der Waals surface area contributed by atoms with Gasteiger partial charge in [0.05, 0.1) is 4.92 Å². The number of benzene rings is 1. The van der Waals surface area contributed by atoms with Crippen molar-refractivity contribution < 1.29 is 9.66 Å². The van der Waals surface area contributed by atoms with Crippen molar-refractivity contribution in [1.29, 1.82) is 0 Å². The Hall–Kier alpha value is -1.90. The number of nitro groups is 1. The lowest BCUT2D eigenvalue weighted by molar-refractivity contribution is -0.386. The van der Waals surface area contributed by atoms with E-state index in [0.29, 0.717) is 5.75 Å². The summed E-state index contributed by atoms with van der Waals surface area (Å²) in [6, 6.07) is 9.69. The van der Waals surface area contributed by atoms with Crippen molar-refractivity contribution in [2.45, 2.75) is 0 Å². The lowest BCUT2D eigenvalue weighted by Crippen LogP contribution is -1.98. The summed E-state index contributed by atoms with van der Waals surface area (Å²) in [7, 11) is 0. The summed E-state index contributed by atoms with van der Waals surface area (Å²) >= 11 is 2.15. The second kappa shape index (κ2) is 5.17. The average molecular weight is 357 g/mol. The third-order valence-electron chi connectivity index (χ3n) is 2.09. The molecule has 1 aromatic heterocycles. The number of pyridine rings is 1. The molecule has 18 heavy (non-hydrogen) atoms. The van der Waals surface area contributed by atoms with Crippen LogP contribution in [0.5, 0.6) is 11.6 Å². The summed E-state index contributed by atoms with van der Waals surface area (Å²) in [5, 5.41) is 10.8. The number of nitrogen functional groups attached to an aromatic ring is 1. The zero-order chi connectivity index (χ0) is 13.1. The van der Waals surface area contributed by atoms with Gasteiger partial charge in [-0.05, 0) is 52.9 Å². The first-order valence-electron chi connectivity index (χ1n) is 4.90. The number of nitrogens with two attached hydrogens (primary N) is 1. The summed E-state index contributed by atoms with van der Waals surface area (Å²) in [5.74, 6) is 0.527. The highest BCUT2D eigenvalue weighted by Crippen LogP contribution is 2.30. The lowest BCUT2D eigenvalue weighted by atomic mass is 10.3. The molecule has 7 heteroatoms. The minimum atomic E-state index is -0.561. The molecular formula is C11H8IN3O3. The summed E-state index contributed by atoms with van der Waals surface area (Å²) in [5.41, 5.74) is 5.27. The minimum absolute atomic E-state index is 0.110. The standard InChI is InChI=1S/C11H8IN3O3/c12-7-1-3-8(4-2-7)18-11-9(15(16)17)5-6-10(13)14-11/h1-6H,(H2,13,14). The van der Waals surface area contributed by atoms with E-state index < -0.39 is 4.92 Å². The number of halogens is 1. The number of ether oxygens (including phenoxy) is 1. The summed E-state index contributed by atoms with van der Waals surface area (Å²) in [4.78, 5) is 14.1. The van der Waals surface area contributed by atoms with E-state index in [1.807, 2.05) is 12.1 Å². The van der Waals surface area contributed by atoms with Crippen LogP contribution >= 0.6 is 22.6 Å². The second-order valence-electron chi connectivity index (χ2n) is 3.37. The van der Waals surface area contributed by atoms with Gasteiger partial charge in [-0.3, -0.25) is 10.1 Å². The van der Waals surface area contributed by atoms with Crippen LogP contribution in [0.15, 0.2) is 36.4 Å². The smallest absolute Gasteiger partial charge is 0.331 e. The van der Waals surface area contributed by atoms with Gasteiger partial charge in [0.25, 0.3) is 0 Å². The first-order chi connectivity index (χ1) is 8.56. The number of anilines is 1. The Morgan fingerprint density at radius 3 is 2.50 bits per heavy atom. The number of hydrogen-bond donors (Lipinski definition) is 1. The zero-order valence-electron chi connectivity index (χ0n) is 9.04. The molecule has 0 amide bonds. The van der Waals surface area contributed by atoms with Crippen molar-refractivity contribution in [2.75, 3.05) is 5.73 Å². The summed E-state index contributed by atoms with van der Waals surface area (Å²) < 4.78 is 6.41. The number of rotatable bonds is 3. The van der Waals surface area contributed by atoms with Crippen LogP contribution in [-0.4, -0.2) is 9.91 Å². The highest BCUT2D eigenvalue weighted by Gasteiger charge is 2.17. The summed E-state index contributed by atoms with van der Waals surface area (Å²) in [6.07, 6.45) is 0. The molecule has 1 aromatic carbocycles. The summed E-state index contributed by atoms with van der Waals surface area (Å²) in [6.45, 7) is 0. The van der Waals surface area contributed by atoms with E-state index >= 15 is 0 Å². The van der Waals surface area contributed by atoms with Crippen molar-refractivity contribution in [1.82, 2.24) is 4.98 Å². The Morgan fingerprint density at radius 1 is 1.22 bits per heavy atom. The third-order valence-corrected chi connectivity index (χ3v) is 2.81. The molecule has 0 atom stereocenters. The molecule has 0 spiro atoms. The molecule has 0 saturated carbocycles.